The molecule has 118 valence electrons. The minimum absolute atomic E-state index is 0.0838. The number of amides is 2. The Balaban J connectivity index is 1.60. The summed E-state index contributed by atoms with van der Waals surface area (Å²) in [4.78, 5) is 27.6. The second kappa shape index (κ2) is 6.36. The molecule has 0 aromatic heterocycles. The summed E-state index contributed by atoms with van der Waals surface area (Å²) in [5, 5.41) is 9.81. The molecule has 1 aromatic carbocycles. The van der Waals surface area contributed by atoms with Gasteiger partial charge in [-0.05, 0) is 12.0 Å². The first-order valence-corrected chi connectivity index (χ1v) is 7.59. The summed E-state index contributed by atoms with van der Waals surface area (Å²) >= 11 is 0. The van der Waals surface area contributed by atoms with Gasteiger partial charge in [0.05, 0.1) is 12.6 Å². The van der Waals surface area contributed by atoms with E-state index in [0.29, 0.717) is 0 Å². The molecule has 1 aromatic rings. The van der Waals surface area contributed by atoms with Gasteiger partial charge in [-0.1, -0.05) is 30.3 Å². The van der Waals surface area contributed by atoms with E-state index in [1.165, 1.54) is 4.90 Å². The van der Waals surface area contributed by atoms with Gasteiger partial charge in [-0.3, -0.25) is 9.69 Å². The van der Waals surface area contributed by atoms with Gasteiger partial charge in [-0.15, -0.1) is 0 Å². The molecule has 2 amide bonds. The number of aliphatic hydroxyl groups is 1. The molecule has 2 fully saturated rings. The molecule has 2 aliphatic rings. The SMILES string of the molecule is O=C([C@@H]1C[C@@H](O)CN1C(=O)OCc1ccccc1)N1CCC1. The predicted octanol–water partition coefficient (Wildman–Crippen LogP) is 0.991. The van der Waals surface area contributed by atoms with Crippen LogP contribution >= 0.6 is 0 Å². The molecule has 0 bridgehead atoms. The van der Waals surface area contributed by atoms with E-state index < -0.39 is 18.2 Å². The maximum atomic E-state index is 12.3. The second-order valence-corrected chi connectivity index (χ2v) is 5.78. The number of nitrogens with zero attached hydrogens (tertiary/aromatic N) is 2. The molecule has 2 aliphatic heterocycles. The van der Waals surface area contributed by atoms with E-state index in [4.69, 9.17) is 4.74 Å². The van der Waals surface area contributed by atoms with Crippen molar-refractivity contribution in [3.8, 4) is 0 Å². The topological polar surface area (TPSA) is 70.1 Å². The van der Waals surface area contributed by atoms with E-state index in [1.807, 2.05) is 30.3 Å². The van der Waals surface area contributed by atoms with E-state index >= 15 is 0 Å². The van der Waals surface area contributed by atoms with Crippen LogP contribution in [0.1, 0.15) is 18.4 Å². The Kier molecular flexibility index (Phi) is 4.29. The molecule has 1 N–H and O–H groups in total. The molecule has 6 nitrogen and oxygen atoms in total. The maximum absolute atomic E-state index is 12.3. The van der Waals surface area contributed by atoms with E-state index in [0.717, 1.165) is 25.1 Å². The zero-order valence-corrected chi connectivity index (χ0v) is 12.4. The van der Waals surface area contributed by atoms with Crippen molar-refractivity contribution in [3.05, 3.63) is 35.9 Å². The van der Waals surface area contributed by atoms with Crippen molar-refractivity contribution in [1.29, 1.82) is 0 Å². The number of rotatable bonds is 3. The number of carbonyl (C=O) groups is 2. The summed E-state index contributed by atoms with van der Waals surface area (Å²) in [5.74, 6) is -0.0838. The van der Waals surface area contributed by atoms with E-state index in [1.54, 1.807) is 4.90 Å². The van der Waals surface area contributed by atoms with Gasteiger partial charge in [0.2, 0.25) is 5.91 Å². The fourth-order valence-corrected chi connectivity index (χ4v) is 2.80. The van der Waals surface area contributed by atoms with Crippen molar-refractivity contribution in [2.24, 2.45) is 0 Å². The Labute approximate surface area is 129 Å². The fourth-order valence-electron chi connectivity index (χ4n) is 2.80. The summed E-state index contributed by atoms with van der Waals surface area (Å²) in [7, 11) is 0. The number of benzene rings is 1. The number of hydrogen-bond donors (Lipinski definition) is 1. The zero-order valence-electron chi connectivity index (χ0n) is 12.4. The number of ether oxygens (including phenoxy) is 1. The lowest BCUT2D eigenvalue weighted by Gasteiger charge is -2.35. The first-order chi connectivity index (χ1) is 10.6. The summed E-state index contributed by atoms with van der Waals surface area (Å²) in [6.07, 6.45) is 0.0775. The molecule has 0 unspecified atom stereocenters. The van der Waals surface area contributed by atoms with Crippen LogP contribution in [0.4, 0.5) is 4.79 Å². The van der Waals surface area contributed by atoms with Crippen LogP contribution in [0.2, 0.25) is 0 Å². The van der Waals surface area contributed by atoms with Crippen molar-refractivity contribution in [1.82, 2.24) is 9.80 Å². The van der Waals surface area contributed by atoms with Crippen LogP contribution in [-0.4, -0.2) is 58.7 Å². The summed E-state index contributed by atoms with van der Waals surface area (Å²) in [5.41, 5.74) is 0.890. The molecule has 0 radical (unpaired) electrons. The number of aliphatic hydroxyl groups excluding tert-OH is 1. The number of likely N-dealkylation sites (tertiary alicyclic amines) is 2. The lowest BCUT2D eigenvalue weighted by molar-refractivity contribution is -0.139. The van der Waals surface area contributed by atoms with Gasteiger partial charge in [0.15, 0.2) is 0 Å². The first-order valence-electron chi connectivity index (χ1n) is 7.59. The maximum Gasteiger partial charge on any atom is 0.410 e. The van der Waals surface area contributed by atoms with Gasteiger partial charge in [0.1, 0.15) is 12.6 Å². The summed E-state index contributed by atoms with van der Waals surface area (Å²) < 4.78 is 5.28. The van der Waals surface area contributed by atoms with Crippen LogP contribution in [0.25, 0.3) is 0 Å². The normalized spacial score (nSPS) is 24.0. The second-order valence-electron chi connectivity index (χ2n) is 5.78. The smallest absolute Gasteiger partial charge is 0.410 e. The Morgan fingerprint density at radius 2 is 1.95 bits per heavy atom. The molecule has 3 rings (SSSR count). The molecular formula is C16H20N2O4. The molecule has 0 saturated carbocycles. The molecule has 2 heterocycles. The minimum Gasteiger partial charge on any atom is -0.445 e. The predicted molar refractivity (Wildman–Crippen MR) is 78.9 cm³/mol. The van der Waals surface area contributed by atoms with Crippen molar-refractivity contribution >= 4 is 12.0 Å². The Hall–Kier alpha value is -2.08. The highest BCUT2D eigenvalue weighted by Crippen LogP contribution is 2.23. The van der Waals surface area contributed by atoms with Crippen molar-refractivity contribution in [3.63, 3.8) is 0 Å². The van der Waals surface area contributed by atoms with Gasteiger partial charge in [0.25, 0.3) is 0 Å². The highest BCUT2D eigenvalue weighted by molar-refractivity contribution is 5.87. The molecule has 2 saturated heterocycles. The van der Waals surface area contributed by atoms with Crippen molar-refractivity contribution < 1.29 is 19.4 Å². The number of hydrogen-bond acceptors (Lipinski definition) is 4. The highest BCUT2D eigenvalue weighted by atomic mass is 16.6. The summed E-state index contributed by atoms with van der Waals surface area (Å²) in [6.45, 7) is 1.78. The average Bonchev–Trinajstić information content (AvgIpc) is 2.86. The Bertz CT molecular complexity index is 544. The molecular weight excluding hydrogens is 284 g/mol. The Morgan fingerprint density at radius 3 is 2.59 bits per heavy atom. The standard InChI is InChI=1S/C16H20N2O4/c19-13-9-14(15(20)17-7-4-8-17)18(10-13)16(21)22-11-12-5-2-1-3-6-12/h1-3,5-6,13-14,19H,4,7-11H2/t13-,14+/m1/s1. The van der Waals surface area contributed by atoms with Crippen molar-refractivity contribution in [2.75, 3.05) is 19.6 Å². The molecule has 6 heteroatoms. The van der Waals surface area contributed by atoms with Crippen LogP contribution in [-0.2, 0) is 16.1 Å². The average molecular weight is 304 g/mol. The molecule has 0 spiro atoms. The minimum atomic E-state index is -0.667. The number of β-amino-alcohol motifs (C(OH)–C–C–N with tert-alkyl or cyclic N) is 1. The van der Waals surface area contributed by atoms with E-state index in [2.05, 4.69) is 0 Å². The van der Waals surface area contributed by atoms with Crippen LogP contribution in [0.5, 0.6) is 0 Å². The highest BCUT2D eigenvalue weighted by Gasteiger charge is 2.42. The van der Waals surface area contributed by atoms with Gasteiger partial charge in [-0.25, -0.2) is 4.79 Å². The summed E-state index contributed by atoms with van der Waals surface area (Å²) in [6, 6.07) is 8.78. The van der Waals surface area contributed by atoms with E-state index in [-0.39, 0.29) is 25.5 Å². The van der Waals surface area contributed by atoms with Gasteiger partial charge >= 0.3 is 6.09 Å². The third-order valence-electron chi connectivity index (χ3n) is 4.17. The Morgan fingerprint density at radius 1 is 1.23 bits per heavy atom. The van der Waals surface area contributed by atoms with Gasteiger partial charge in [-0.2, -0.15) is 0 Å². The molecule has 0 aliphatic carbocycles. The number of carbonyl (C=O) groups excluding carboxylic acids is 2. The van der Waals surface area contributed by atoms with E-state index in [9.17, 15) is 14.7 Å². The van der Waals surface area contributed by atoms with Gasteiger partial charge < -0.3 is 14.7 Å². The van der Waals surface area contributed by atoms with Crippen LogP contribution < -0.4 is 0 Å². The quantitative estimate of drug-likeness (QED) is 0.904. The van der Waals surface area contributed by atoms with Crippen LogP contribution in [0.15, 0.2) is 30.3 Å². The third-order valence-corrected chi connectivity index (χ3v) is 4.17. The third kappa shape index (κ3) is 3.06. The zero-order chi connectivity index (χ0) is 15.5. The van der Waals surface area contributed by atoms with Crippen LogP contribution in [0.3, 0.4) is 0 Å². The van der Waals surface area contributed by atoms with Gasteiger partial charge in [0, 0.05) is 19.5 Å². The first kappa shape index (κ1) is 14.8. The monoisotopic (exact) mass is 304 g/mol. The fraction of sp³-hybridized carbons (Fsp3) is 0.500. The molecule has 22 heavy (non-hydrogen) atoms. The lowest BCUT2D eigenvalue weighted by Crippen LogP contribution is -2.52. The largest absolute Gasteiger partial charge is 0.445 e. The molecule has 2 atom stereocenters. The lowest BCUT2D eigenvalue weighted by atomic mass is 10.1. The van der Waals surface area contributed by atoms with Crippen molar-refractivity contribution in [2.45, 2.75) is 31.6 Å². The van der Waals surface area contributed by atoms with Crippen LogP contribution in [0, 0.1) is 0 Å².